The van der Waals surface area contributed by atoms with Crippen molar-refractivity contribution in [3.8, 4) is 0 Å². The van der Waals surface area contributed by atoms with E-state index in [2.05, 4.69) is 10.3 Å². The summed E-state index contributed by atoms with van der Waals surface area (Å²) in [6.07, 6.45) is 2.71. The number of hydrogen-bond donors (Lipinski definition) is 2. The molecule has 1 aromatic rings. The highest BCUT2D eigenvalue weighted by Crippen LogP contribution is 2.14. The fraction of sp³-hybridized carbons (Fsp3) is 0.545. The molecule has 1 atom stereocenters. The lowest BCUT2D eigenvalue weighted by Crippen LogP contribution is -2.42. The van der Waals surface area contributed by atoms with Gasteiger partial charge in [0.25, 0.3) is 0 Å². The van der Waals surface area contributed by atoms with E-state index in [0.717, 1.165) is 10.6 Å². The van der Waals surface area contributed by atoms with Crippen molar-refractivity contribution in [2.24, 2.45) is 0 Å². The maximum absolute atomic E-state index is 11.6. The highest BCUT2D eigenvalue weighted by molar-refractivity contribution is 7.98. The van der Waals surface area contributed by atoms with Crippen molar-refractivity contribution in [1.82, 2.24) is 10.3 Å². The molecule has 0 radical (unpaired) electrons. The lowest BCUT2D eigenvalue weighted by molar-refractivity contribution is -0.141. The van der Waals surface area contributed by atoms with Gasteiger partial charge in [0.2, 0.25) is 5.91 Å². The number of amides is 1. The number of rotatable bonds is 7. The van der Waals surface area contributed by atoms with Gasteiger partial charge in [-0.25, -0.2) is 9.78 Å². The van der Waals surface area contributed by atoms with Crippen LogP contribution in [0.3, 0.4) is 0 Å². The van der Waals surface area contributed by atoms with E-state index in [1.54, 1.807) is 5.51 Å². The molecule has 7 heteroatoms. The molecule has 0 aliphatic heterocycles. The van der Waals surface area contributed by atoms with E-state index in [9.17, 15) is 9.59 Å². The van der Waals surface area contributed by atoms with Gasteiger partial charge in [0.05, 0.1) is 11.2 Å². The van der Waals surface area contributed by atoms with E-state index in [1.165, 1.54) is 23.1 Å². The number of carboxylic acid groups (broad SMARTS) is 1. The maximum Gasteiger partial charge on any atom is 0.327 e. The van der Waals surface area contributed by atoms with Gasteiger partial charge in [-0.3, -0.25) is 4.79 Å². The summed E-state index contributed by atoms with van der Waals surface area (Å²) in [6.45, 7) is 1.90. The molecular weight excluding hydrogens is 272 g/mol. The molecule has 18 heavy (non-hydrogen) atoms. The first-order chi connectivity index (χ1) is 8.54. The second-order valence-corrected chi connectivity index (χ2v) is 5.62. The molecule has 1 heterocycles. The van der Waals surface area contributed by atoms with Crippen molar-refractivity contribution in [2.45, 2.75) is 25.8 Å². The van der Waals surface area contributed by atoms with Crippen LogP contribution in [-0.2, 0) is 16.0 Å². The average molecular weight is 288 g/mol. The summed E-state index contributed by atoms with van der Waals surface area (Å²) in [5.74, 6) is -0.850. The summed E-state index contributed by atoms with van der Waals surface area (Å²) in [7, 11) is 0. The van der Waals surface area contributed by atoms with Crippen LogP contribution < -0.4 is 5.32 Å². The number of aliphatic carboxylic acids is 1. The van der Waals surface area contributed by atoms with Crippen LogP contribution in [0, 0.1) is 6.92 Å². The largest absolute Gasteiger partial charge is 0.480 e. The van der Waals surface area contributed by atoms with Crippen LogP contribution in [0.1, 0.15) is 17.0 Å². The molecule has 1 amide bonds. The zero-order valence-corrected chi connectivity index (χ0v) is 11.9. The van der Waals surface area contributed by atoms with Gasteiger partial charge in [-0.1, -0.05) is 0 Å². The third-order valence-corrected chi connectivity index (χ3v) is 4.05. The fourth-order valence-electron chi connectivity index (χ4n) is 1.40. The molecular formula is C11H16N2O3S2. The number of thioether (sulfide) groups is 1. The third kappa shape index (κ3) is 4.66. The second kappa shape index (κ2) is 7.38. The van der Waals surface area contributed by atoms with Crippen molar-refractivity contribution in [2.75, 3.05) is 12.0 Å². The molecule has 2 N–H and O–H groups in total. The number of hydrogen-bond acceptors (Lipinski definition) is 5. The average Bonchev–Trinajstić information content (AvgIpc) is 2.71. The van der Waals surface area contributed by atoms with E-state index in [1.807, 2.05) is 13.2 Å². The Labute approximate surface area is 114 Å². The van der Waals surface area contributed by atoms with Gasteiger partial charge in [0.1, 0.15) is 6.04 Å². The molecule has 0 unspecified atom stereocenters. The topological polar surface area (TPSA) is 79.3 Å². The quantitative estimate of drug-likeness (QED) is 0.791. The molecule has 0 aliphatic carbocycles. The lowest BCUT2D eigenvalue weighted by Gasteiger charge is -2.12. The minimum atomic E-state index is -0.994. The summed E-state index contributed by atoms with van der Waals surface area (Å²) in [6, 6.07) is -0.810. The third-order valence-electron chi connectivity index (χ3n) is 2.39. The summed E-state index contributed by atoms with van der Waals surface area (Å²) in [5, 5.41) is 11.4. The van der Waals surface area contributed by atoms with E-state index in [-0.39, 0.29) is 5.91 Å². The number of carbonyl (C=O) groups is 2. The lowest BCUT2D eigenvalue weighted by atomic mass is 10.2. The zero-order chi connectivity index (χ0) is 13.5. The monoisotopic (exact) mass is 288 g/mol. The minimum Gasteiger partial charge on any atom is -0.480 e. The van der Waals surface area contributed by atoms with Crippen molar-refractivity contribution >= 4 is 35.0 Å². The molecule has 0 fully saturated rings. The Hall–Kier alpha value is -1.08. The molecule has 0 spiro atoms. The molecule has 0 aromatic carbocycles. The number of aryl methyl sites for hydroxylation is 2. The number of carbonyl (C=O) groups excluding carboxylic acids is 1. The van der Waals surface area contributed by atoms with Crippen LogP contribution in [0.2, 0.25) is 0 Å². The summed E-state index contributed by atoms with van der Waals surface area (Å²) in [5.41, 5.74) is 2.68. The van der Waals surface area contributed by atoms with Crippen LogP contribution in [0.15, 0.2) is 5.51 Å². The predicted octanol–water partition coefficient (Wildman–Crippen LogP) is 1.32. The molecule has 0 saturated carbocycles. The highest BCUT2D eigenvalue weighted by atomic mass is 32.2. The molecule has 0 aliphatic rings. The summed E-state index contributed by atoms with van der Waals surface area (Å²) in [4.78, 5) is 27.7. The standard InChI is InChI=1S/C11H16N2O3S2/c1-7-9(18-6-12-7)3-4-10(14)13-8(5-17-2)11(15)16/h6,8H,3-5H2,1-2H3,(H,13,14)(H,15,16)/t8-/m0/s1. The van der Waals surface area contributed by atoms with E-state index in [4.69, 9.17) is 5.11 Å². The Morgan fingerprint density at radius 2 is 2.33 bits per heavy atom. The first-order valence-corrected chi connectivity index (χ1v) is 7.72. The van der Waals surface area contributed by atoms with Gasteiger partial charge in [-0.15, -0.1) is 11.3 Å². The van der Waals surface area contributed by atoms with Crippen LogP contribution in [-0.4, -0.2) is 40.0 Å². The van der Waals surface area contributed by atoms with E-state index in [0.29, 0.717) is 18.6 Å². The van der Waals surface area contributed by atoms with E-state index >= 15 is 0 Å². The molecule has 1 rings (SSSR count). The number of carboxylic acids is 1. The van der Waals surface area contributed by atoms with Gasteiger partial charge < -0.3 is 10.4 Å². The molecule has 5 nitrogen and oxygen atoms in total. The van der Waals surface area contributed by atoms with Gasteiger partial charge in [-0.05, 0) is 19.6 Å². The first-order valence-electron chi connectivity index (χ1n) is 5.44. The smallest absolute Gasteiger partial charge is 0.327 e. The van der Waals surface area contributed by atoms with Crippen LogP contribution in [0.5, 0.6) is 0 Å². The summed E-state index contributed by atoms with van der Waals surface area (Å²) >= 11 is 2.91. The number of nitrogens with one attached hydrogen (secondary N) is 1. The zero-order valence-electron chi connectivity index (χ0n) is 10.3. The van der Waals surface area contributed by atoms with Gasteiger partial charge >= 0.3 is 5.97 Å². The Balaban J connectivity index is 2.41. The Bertz CT molecular complexity index is 420. The predicted molar refractivity (Wildman–Crippen MR) is 73.1 cm³/mol. The minimum absolute atomic E-state index is 0.232. The first kappa shape index (κ1) is 15.0. The maximum atomic E-state index is 11.6. The van der Waals surface area contributed by atoms with E-state index < -0.39 is 12.0 Å². The Morgan fingerprint density at radius 1 is 1.61 bits per heavy atom. The number of thiazole rings is 1. The molecule has 100 valence electrons. The molecule has 0 bridgehead atoms. The number of nitrogens with zero attached hydrogens (tertiary/aromatic N) is 1. The van der Waals surface area contributed by atoms with Crippen molar-refractivity contribution in [1.29, 1.82) is 0 Å². The highest BCUT2D eigenvalue weighted by Gasteiger charge is 2.19. The Kier molecular flexibility index (Phi) is 6.14. The second-order valence-electron chi connectivity index (χ2n) is 3.77. The van der Waals surface area contributed by atoms with Crippen molar-refractivity contribution in [3.05, 3.63) is 16.1 Å². The van der Waals surface area contributed by atoms with Crippen LogP contribution in [0.25, 0.3) is 0 Å². The SMILES string of the molecule is CSC[C@H](NC(=O)CCc1scnc1C)C(=O)O. The fourth-order valence-corrected chi connectivity index (χ4v) is 2.74. The summed E-state index contributed by atoms with van der Waals surface area (Å²) < 4.78 is 0. The molecule has 1 aromatic heterocycles. The normalized spacial score (nSPS) is 12.1. The van der Waals surface area contributed by atoms with Crippen LogP contribution in [0.4, 0.5) is 0 Å². The van der Waals surface area contributed by atoms with Gasteiger partial charge in [-0.2, -0.15) is 11.8 Å². The molecule has 0 saturated heterocycles. The number of aromatic nitrogens is 1. The van der Waals surface area contributed by atoms with Gasteiger partial charge in [0, 0.05) is 17.1 Å². The Morgan fingerprint density at radius 3 is 2.83 bits per heavy atom. The van der Waals surface area contributed by atoms with Gasteiger partial charge in [0.15, 0.2) is 0 Å². The van der Waals surface area contributed by atoms with Crippen LogP contribution >= 0.6 is 23.1 Å². The van der Waals surface area contributed by atoms with Crippen molar-refractivity contribution < 1.29 is 14.7 Å². The van der Waals surface area contributed by atoms with Crippen molar-refractivity contribution in [3.63, 3.8) is 0 Å².